The molecule has 2 saturated heterocycles. The van der Waals surface area contributed by atoms with E-state index in [1.165, 1.54) is 5.69 Å². The quantitative estimate of drug-likeness (QED) is 0.635. The number of pyridine rings is 1. The highest BCUT2D eigenvalue weighted by Crippen LogP contribution is 2.41. The molecule has 176 valence electrons. The highest BCUT2D eigenvalue weighted by molar-refractivity contribution is 5.84. The van der Waals surface area contributed by atoms with Crippen LogP contribution in [-0.4, -0.2) is 58.2 Å². The molecule has 1 amide bonds. The molecule has 0 radical (unpaired) electrons. The van der Waals surface area contributed by atoms with Crippen molar-refractivity contribution in [3.8, 4) is 0 Å². The number of likely N-dealkylation sites (tertiary alicyclic amines) is 1. The SMILES string of the molecule is CC.Cc1cc(CC(N)C(=O)N2CCC3(CCN(c4ccncc4)CC3)C2)cc2cn[nH]c12. The molecule has 7 nitrogen and oxygen atoms in total. The molecule has 1 atom stereocenters. The monoisotopic (exact) mass is 448 g/mol. The highest BCUT2D eigenvalue weighted by atomic mass is 16.2. The van der Waals surface area contributed by atoms with E-state index in [-0.39, 0.29) is 11.3 Å². The Bertz CT molecular complexity index is 1070. The van der Waals surface area contributed by atoms with Crippen LogP contribution in [0.15, 0.2) is 42.9 Å². The molecule has 0 saturated carbocycles. The Labute approximate surface area is 196 Å². The summed E-state index contributed by atoms with van der Waals surface area (Å²) in [6.07, 6.45) is 9.39. The second-order valence-electron chi connectivity index (χ2n) is 9.26. The van der Waals surface area contributed by atoms with Crippen LogP contribution in [-0.2, 0) is 11.2 Å². The van der Waals surface area contributed by atoms with Crippen molar-refractivity contribution in [3.05, 3.63) is 54.0 Å². The normalized spacial score (nSPS) is 18.3. The lowest BCUT2D eigenvalue weighted by Crippen LogP contribution is -2.46. The predicted molar refractivity (Wildman–Crippen MR) is 133 cm³/mol. The number of rotatable bonds is 4. The minimum absolute atomic E-state index is 0.0818. The van der Waals surface area contributed by atoms with E-state index in [4.69, 9.17) is 5.73 Å². The third kappa shape index (κ3) is 4.88. The molecule has 2 aliphatic heterocycles. The number of hydrogen-bond acceptors (Lipinski definition) is 5. The topological polar surface area (TPSA) is 91.1 Å². The van der Waals surface area contributed by atoms with Gasteiger partial charge in [0.15, 0.2) is 0 Å². The van der Waals surface area contributed by atoms with Gasteiger partial charge in [0.05, 0.1) is 17.8 Å². The fourth-order valence-electron chi connectivity index (χ4n) is 5.33. The molecule has 1 unspecified atom stereocenters. The summed E-state index contributed by atoms with van der Waals surface area (Å²) in [6, 6.07) is 7.83. The van der Waals surface area contributed by atoms with Gasteiger partial charge >= 0.3 is 0 Å². The Morgan fingerprint density at radius 2 is 1.85 bits per heavy atom. The van der Waals surface area contributed by atoms with E-state index in [1.54, 1.807) is 0 Å². The fourth-order valence-corrected chi connectivity index (χ4v) is 5.33. The van der Waals surface area contributed by atoms with Crippen molar-refractivity contribution in [1.29, 1.82) is 0 Å². The lowest BCUT2D eigenvalue weighted by molar-refractivity contribution is -0.132. The first-order valence-electron chi connectivity index (χ1n) is 12.1. The smallest absolute Gasteiger partial charge is 0.239 e. The average Bonchev–Trinajstić information content (AvgIpc) is 3.49. The van der Waals surface area contributed by atoms with Gasteiger partial charge in [-0.3, -0.25) is 14.9 Å². The molecule has 2 aromatic heterocycles. The molecule has 33 heavy (non-hydrogen) atoms. The zero-order valence-corrected chi connectivity index (χ0v) is 20.1. The molecule has 1 aromatic carbocycles. The first-order chi connectivity index (χ1) is 16.0. The van der Waals surface area contributed by atoms with Crippen LogP contribution in [0.5, 0.6) is 0 Å². The average molecular weight is 449 g/mol. The van der Waals surface area contributed by atoms with Gasteiger partial charge in [0.2, 0.25) is 5.91 Å². The number of aryl methyl sites for hydroxylation is 1. The van der Waals surface area contributed by atoms with Gasteiger partial charge in [0, 0.05) is 49.6 Å². The number of fused-ring (bicyclic) bond motifs is 1. The van der Waals surface area contributed by atoms with E-state index in [0.29, 0.717) is 6.42 Å². The van der Waals surface area contributed by atoms with Crippen molar-refractivity contribution >= 4 is 22.5 Å². The summed E-state index contributed by atoms with van der Waals surface area (Å²) < 4.78 is 0. The van der Waals surface area contributed by atoms with E-state index < -0.39 is 6.04 Å². The molecule has 1 spiro atoms. The number of carbonyl (C=O) groups is 1. The first-order valence-corrected chi connectivity index (χ1v) is 12.1. The Morgan fingerprint density at radius 3 is 2.58 bits per heavy atom. The Morgan fingerprint density at radius 1 is 1.15 bits per heavy atom. The van der Waals surface area contributed by atoms with Crippen LogP contribution in [0.25, 0.3) is 10.9 Å². The van der Waals surface area contributed by atoms with Crippen molar-refractivity contribution in [2.75, 3.05) is 31.1 Å². The van der Waals surface area contributed by atoms with E-state index in [0.717, 1.165) is 67.5 Å². The second-order valence-corrected chi connectivity index (χ2v) is 9.26. The molecule has 4 heterocycles. The van der Waals surface area contributed by atoms with E-state index in [1.807, 2.05) is 37.3 Å². The zero-order chi connectivity index (χ0) is 23.4. The van der Waals surface area contributed by atoms with E-state index >= 15 is 0 Å². The van der Waals surface area contributed by atoms with Gasteiger partial charge in [-0.1, -0.05) is 19.9 Å². The molecule has 0 aliphatic carbocycles. The Balaban J connectivity index is 0.00000126. The predicted octanol–water partition coefficient (Wildman–Crippen LogP) is 3.68. The summed E-state index contributed by atoms with van der Waals surface area (Å²) in [7, 11) is 0. The van der Waals surface area contributed by atoms with Crippen LogP contribution in [0, 0.1) is 12.3 Å². The largest absolute Gasteiger partial charge is 0.371 e. The number of nitrogens with two attached hydrogens (primary N) is 1. The number of carbonyl (C=O) groups excluding carboxylic acids is 1. The summed E-state index contributed by atoms with van der Waals surface area (Å²) in [4.78, 5) is 21.7. The standard InChI is InChI=1S/C24H30N6O.C2H6/c1-17-12-18(13-19-15-27-28-22(17)19)14-21(25)23(31)30-11-6-24(16-30)4-9-29(10-5-24)20-2-7-26-8-3-20;1-2/h2-3,7-8,12-13,15,21H,4-6,9-11,14,16,25H2,1H3,(H,27,28);1-2H3. The van der Waals surface area contributed by atoms with Crippen molar-refractivity contribution in [2.24, 2.45) is 11.1 Å². The van der Waals surface area contributed by atoms with Crippen molar-refractivity contribution < 1.29 is 4.79 Å². The lowest BCUT2D eigenvalue weighted by atomic mass is 9.77. The number of hydrogen-bond donors (Lipinski definition) is 2. The van der Waals surface area contributed by atoms with Crippen LogP contribution in [0.3, 0.4) is 0 Å². The van der Waals surface area contributed by atoms with Crippen molar-refractivity contribution in [3.63, 3.8) is 0 Å². The maximum absolute atomic E-state index is 13.1. The van der Waals surface area contributed by atoms with Gasteiger partial charge in [0.25, 0.3) is 0 Å². The van der Waals surface area contributed by atoms with Gasteiger partial charge in [-0.15, -0.1) is 0 Å². The van der Waals surface area contributed by atoms with Gasteiger partial charge < -0.3 is 15.5 Å². The molecule has 2 fully saturated rings. The van der Waals surface area contributed by atoms with Gasteiger partial charge in [-0.2, -0.15) is 5.10 Å². The highest BCUT2D eigenvalue weighted by Gasteiger charge is 2.42. The molecule has 0 bridgehead atoms. The van der Waals surface area contributed by atoms with Gasteiger partial charge in [-0.05, 0) is 67.3 Å². The summed E-state index contributed by atoms with van der Waals surface area (Å²) in [6.45, 7) is 9.77. The van der Waals surface area contributed by atoms with Gasteiger partial charge in [0.1, 0.15) is 0 Å². The van der Waals surface area contributed by atoms with E-state index in [9.17, 15) is 4.79 Å². The molecular formula is C26H36N6O. The minimum Gasteiger partial charge on any atom is -0.371 e. The van der Waals surface area contributed by atoms with Crippen LogP contribution >= 0.6 is 0 Å². The van der Waals surface area contributed by atoms with E-state index in [2.05, 4.69) is 51.3 Å². The second kappa shape index (κ2) is 9.91. The van der Waals surface area contributed by atoms with Crippen molar-refractivity contribution in [2.45, 2.75) is 52.5 Å². The molecule has 3 aromatic rings. The van der Waals surface area contributed by atoms with Gasteiger partial charge in [-0.25, -0.2) is 0 Å². The van der Waals surface area contributed by atoms with Crippen LogP contribution in [0.4, 0.5) is 5.69 Å². The number of aromatic nitrogens is 3. The maximum Gasteiger partial charge on any atom is 0.239 e. The molecule has 7 heteroatoms. The zero-order valence-electron chi connectivity index (χ0n) is 20.1. The summed E-state index contributed by atoms with van der Waals surface area (Å²) >= 11 is 0. The minimum atomic E-state index is -0.504. The third-order valence-corrected chi connectivity index (χ3v) is 7.18. The molecule has 5 rings (SSSR count). The van der Waals surface area contributed by atoms with Crippen LogP contribution in [0.2, 0.25) is 0 Å². The number of anilines is 1. The number of nitrogens with one attached hydrogen (secondary N) is 1. The molecule has 2 aliphatic rings. The van der Waals surface area contributed by atoms with Crippen LogP contribution < -0.4 is 10.6 Å². The fraction of sp³-hybridized carbons (Fsp3) is 0.500. The van der Waals surface area contributed by atoms with Crippen molar-refractivity contribution in [1.82, 2.24) is 20.1 Å². The Kier molecular flexibility index (Phi) is 6.98. The van der Waals surface area contributed by atoms with Crippen LogP contribution in [0.1, 0.15) is 44.2 Å². The summed E-state index contributed by atoms with van der Waals surface area (Å²) in [5.41, 5.74) is 11.1. The number of H-pyrrole nitrogens is 1. The first kappa shape index (κ1) is 23.2. The maximum atomic E-state index is 13.1. The third-order valence-electron chi connectivity index (χ3n) is 7.18. The number of nitrogens with zero attached hydrogens (tertiary/aromatic N) is 4. The summed E-state index contributed by atoms with van der Waals surface area (Å²) in [5, 5.41) is 8.20. The number of piperidine rings is 1. The molecular weight excluding hydrogens is 412 g/mol. The molecule has 3 N–H and O–H groups in total. The lowest BCUT2D eigenvalue weighted by Gasteiger charge is -2.40. The Hall–Kier alpha value is -2.93. The summed E-state index contributed by atoms with van der Waals surface area (Å²) in [5.74, 6) is 0.0818. The number of benzene rings is 1. The number of aromatic amines is 1. The number of amides is 1.